The van der Waals surface area contributed by atoms with Gasteiger partial charge in [0.15, 0.2) is 0 Å². The van der Waals surface area contributed by atoms with Gasteiger partial charge >= 0.3 is 0 Å². The van der Waals surface area contributed by atoms with Crippen LogP contribution in [-0.4, -0.2) is 10.9 Å². The second kappa shape index (κ2) is 7.60. The molecule has 1 N–H and O–H groups in total. The summed E-state index contributed by atoms with van der Waals surface area (Å²) in [6.07, 6.45) is 1.00. The molecule has 3 rings (SSSR count). The van der Waals surface area contributed by atoms with Gasteiger partial charge in [0.1, 0.15) is 9.88 Å². The second-order valence-corrected chi connectivity index (χ2v) is 7.78. The molecule has 0 atom stereocenters. The number of nitrogens with one attached hydrogen (secondary N) is 1. The van der Waals surface area contributed by atoms with Crippen LogP contribution < -0.4 is 5.32 Å². The fraction of sp³-hybridized carbons (Fsp3) is 0.238. The summed E-state index contributed by atoms with van der Waals surface area (Å²) in [5.41, 5.74) is 5.70. The zero-order chi connectivity index (χ0) is 18.8. The van der Waals surface area contributed by atoms with Gasteiger partial charge in [-0.3, -0.25) is 4.79 Å². The number of nitrogens with zero attached hydrogens (tertiary/aromatic N) is 1. The average Bonchev–Trinajstić information content (AvgIpc) is 3.00. The molecule has 3 aromatic rings. The number of hydrogen-bond donors (Lipinski definition) is 1. The SMILES string of the molecule is CCc1ccc(-c2nc(C)c(C(=O)Nc3c(C)cc(C)cc3Cl)s2)cc1. The van der Waals surface area contributed by atoms with Crippen LogP contribution in [0.2, 0.25) is 5.02 Å². The largest absolute Gasteiger partial charge is 0.320 e. The van der Waals surface area contributed by atoms with E-state index in [-0.39, 0.29) is 5.91 Å². The van der Waals surface area contributed by atoms with Crippen molar-refractivity contribution in [3.8, 4) is 10.6 Å². The molecule has 0 fully saturated rings. The first-order valence-corrected chi connectivity index (χ1v) is 9.73. The van der Waals surface area contributed by atoms with Gasteiger partial charge in [-0.05, 0) is 49.9 Å². The summed E-state index contributed by atoms with van der Waals surface area (Å²) in [6.45, 7) is 7.91. The van der Waals surface area contributed by atoms with Crippen LogP contribution in [0.3, 0.4) is 0 Å². The van der Waals surface area contributed by atoms with Crippen LogP contribution in [0.25, 0.3) is 10.6 Å². The van der Waals surface area contributed by atoms with Crippen molar-refractivity contribution in [1.29, 1.82) is 0 Å². The topological polar surface area (TPSA) is 42.0 Å². The molecule has 0 bridgehead atoms. The molecule has 2 aromatic carbocycles. The molecule has 134 valence electrons. The normalized spacial score (nSPS) is 10.8. The third-order valence-electron chi connectivity index (χ3n) is 4.28. The average molecular weight is 385 g/mol. The van der Waals surface area contributed by atoms with Crippen molar-refractivity contribution in [2.24, 2.45) is 0 Å². The van der Waals surface area contributed by atoms with Crippen LogP contribution in [0, 0.1) is 20.8 Å². The van der Waals surface area contributed by atoms with Crippen LogP contribution in [0.1, 0.15) is 39.0 Å². The summed E-state index contributed by atoms with van der Waals surface area (Å²) < 4.78 is 0. The van der Waals surface area contributed by atoms with E-state index in [2.05, 4.69) is 41.5 Å². The van der Waals surface area contributed by atoms with Crippen LogP contribution in [0.5, 0.6) is 0 Å². The van der Waals surface area contributed by atoms with Gasteiger partial charge in [0, 0.05) is 5.56 Å². The first-order valence-electron chi connectivity index (χ1n) is 8.54. The van der Waals surface area contributed by atoms with Crippen LogP contribution in [-0.2, 0) is 6.42 Å². The van der Waals surface area contributed by atoms with Gasteiger partial charge in [-0.2, -0.15) is 0 Å². The third-order valence-corrected chi connectivity index (χ3v) is 5.79. The summed E-state index contributed by atoms with van der Waals surface area (Å²) in [5.74, 6) is -0.176. The Balaban J connectivity index is 1.88. The molecule has 5 heteroatoms. The van der Waals surface area contributed by atoms with E-state index < -0.39 is 0 Å². The van der Waals surface area contributed by atoms with E-state index in [1.807, 2.05) is 32.9 Å². The van der Waals surface area contributed by atoms with Gasteiger partial charge in [-0.1, -0.05) is 48.9 Å². The van der Waals surface area contributed by atoms with Crippen LogP contribution in [0.4, 0.5) is 5.69 Å². The van der Waals surface area contributed by atoms with Crippen molar-refractivity contribution in [3.63, 3.8) is 0 Å². The molecule has 0 radical (unpaired) electrons. The minimum absolute atomic E-state index is 0.176. The molecular weight excluding hydrogens is 364 g/mol. The number of benzene rings is 2. The first-order chi connectivity index (χ1) is 12.4. The van der Waals surface area contributed by atoms with E-state index in [1.165, 1.54) is 16.9 Å². The number of hydrogen-bond acceptors (Lipinski definition) is 3. The molecule has 0 aliphatic carbocycles. The quantitative estimate of drug-likeness (QED) is 0.581. The predicted octanol–water partition coefficient (Wildman–Crippen LogP) is 6.20. The van der Waals surface area contributed by atoms with Crippen molar-refractivity contribution in [3.05, 3.63) is 68.7 Å². The van der Waals surface area contributed by atoms with Gasteiger partial charge in [-0.15, -0.1) is 11.3 Å². The Hall–Kier alpha value is -2.17. The van der Waals surface area contributed by atoms with E-state index in [0.717, 1.165) is 33.8 Å². The lowest BCUT2D eigenvalue weighted by atomic mass is 10.1. The number of aryl methyl sites for hydroxylation is 4. The molecule has 0 saturated carbocycles. The summed E-state index contributed by atoms with van der Waals surface area (Å²) >= 11 is 7.71. The maximum absolute atomic E-state index is 12.8. The summed E-state index contributed by atoms with van der Waals surface area (Å²) in [5, 5.41) is 4.34. The summed E-state index contributed by atoms with van der Waals surface area (Å²) in [4.78, 5) is 18.0. The molecule has 0 spiro atoms. The zero-order valence-electron chi connectivity index (χ0n) is 15.3. The van der Waals surface area contributed by atoms with Gasteiger partial charge in [0.25, 0.3) is 5.91 Å². The summed E-state index contributed by atoms with van der Waals surface area (Å²) in [7, 11) is 0. The number of rotatable bonds is 4. The van der Waals surface area contributed by atoms with Crippen LogP contribution in [0.15, 0.2) is 36.4 Å². The predicted molar refractivity (Wildman–Crippen MR) is 111 cm³/mol. The van der Waals surface area contributed by atoms with Crippen molar-refractivity contribution in [2.75, 3.05) is 5.32 Å². The van der Waals surface area contributed by atoms with Gasteiger partial charge in [-0.25, -0.2) is 4.98 Å². The Kier molecular flexibility index (Phi) is 5.44. The Morgan fingerprint density at radius 1 is 1.15 bits per heavy atom. The number of anilines is 1. The molecule has 0 saturated heterocycles. The number of amides is 1. The molecular formula is C21H21ClN2OS. The van der Waals surface area contributed by atoms with Crippen molar-refractivity contribution in [2.45, 2.75) is 34.1 Å². The Labute approximate surface area is 163 Å². The van der Waals surface area contributed by atoms with Crippen molar-refractivity contribution < 1.29 is 4.79 Å². The number of carbonyl (C=O) groups excluding carboxylic acids is 1. The van der Waals surface area contributed by atoms with Gasteiger partial charge in [0.2, 0.25) is 0 Å². The van der Waals surface area contributed by atoms with Crippen molar-refractivity contribution in [1.82, 2.24) is 4.98 Å². The standard InChI is InChI=1S/C21H21ClN2OS/c1-5-15-6-8-16(9-7-15)21-23-14(4)19(26-21)20(25)24-18-13(3)10-12(2)11-17(18)22/h6-11H,5H2,1-4H3,(H,24,25). The van der Waals surface area contributed by atoms with Crippen molar-refractivity contribution >= 4 is 34.5 Å². The fourth-order valence-electron chi connectivity index (χ4n) is 2.86. The van der Waals surface area contributed by atoms with E-state index in [1.54, 1.807) is 0 Å². The number of aromatic nitrogens is 1. The molecule has 0 aliphatic rings. The second-order valence-electron chi connectivity index (χ2n) is 6.38. The van der Waals surface area contributed by atoms with Gasteiger partial charge < -0.3 is 5.32 Å². The number of thiazole rings is 1. The Bertz CT molecular complexity index is 938. The van der Waals surface area contributed by atoms with E-state index in [9.17, 15) is 4.79 Å². The highest BCUT2D eigenvalue weighted by Crippen LogP contribution is 2.31. The highest BCUT2D eigenvalue weighted by molar-refractivity contribution is 7.17. The van der Waals surface area contributed by atoms with E-state index in [0.29, 0.717) is 15.6 Å². The zero-order valence-corrected chi connectivity index (χ0v) is 16.9. The fourth-order valence-corrected chi connectivity index (χ4v) is 4.19. The smallest absolute Gasteiger partial charge is 0.267 e. The molecule has 0 aliphatic heterocycles. The summed E-state index contributed by atoms with van der Waals surface area (Å²) in [6, 6.07) is 12.2. The highest BCUT2D eigenvalue weighted by atomic mass is 35.5. The van der Waals surface area contributed by atoms with Gasteiger partial charge in [0.05, 0.1) is 16.4 Å². The minimum atomic E-state index is -0.176. The lowest BCUT2D eigenvalue weighted by molar-refractivity contribution is 0.102. The molecule has 1 amide bonds. The first kappa shape index (κ1) is 18.6. The lowest BCUT2D eigenvalue weighted by Crippen LogP contribution is -2.13. The number of halogens is 1. The molecule has 0 unspecified atom stereocenters. The Morgan fingerprint density at radius 2 is 1.85 bits per heavy atom. The molecule has 1 aromatic heterocycles. The Morgan fingerprint density at radius 3 is 2.46 bits per heavy atom. The molecule has 26 heavy (non-hydrogen) atoms. The molecule has 1 heterocycles. The van der Waals surface area contributed by atoms with E-state index in [4.69, 9.17) is 11.6 Å². The monoisotopic (exact) mass is 384 g/mol. The van der Waals surface area contributed by atoms with E-state index >= 15 is 0 Å². The maximum atomic E-state index is 12.8. The van der Waals surface area contributed by atoms with Crippen LogP contribution >= 0.6 is 22.9 Å². The lowest BCUT2D eigenvalue weighted by Gasteiger charge is -2.11. The maximum Gasteiger partial charge on any atom is 0.267 e. The number of carbonyl (C=O) groups is 1. The minimum Gasteiger partial charge on any atom is -0.320 e. The highest BCUT2D eigenvalue weighted by Gasteiger charge is 2.18. The molecule has 3 nitrogen and oxygen atoms in total. The third kappa shape index (κ3) is 3.81.